The predicted molar refractivity (Wildman–Crippen MR) is 184 cm³/mol. The third kappa shape index (κ3) is 5.28. The highest BCUT2D eigenvalue weighted by atomic mass is 16.5. The number of aliphatic hydroxyl groups is 1. The molecule has 0 saturated carbocycles. The Hall–Kier alpha value is -3.95. The molecule has 47 heavy (non-hydrogen) atoms. The molecule has 0 aliphatic carbocycles. The number of anilines is 3. The van der Waals surface area contributed by atoms with Crippen LogP contribution in [0.15, 0.2) is 78.9 Å². The number of aliphatic hydroxyl groups excluding tert-OH is 1. The van der Waals surface area contributed by atoms with E-state index in [0.29, 0.717) is 19.4 Å². The molecule has 4 aliphatic heterocycles. The van der Waals surface area contributed by atoms with Crippen LogP contribution in [0.4, 0.5) is 17.1 Å². The molecule has 2 aromatic rings. The molecule has 0 radical (unpaired) electrons. The SMILES string of the molecule is CCN(CC)c1ccc(N2CC=C[C@]34O[C@@]5(CC)C=CCN(c6ccccc6)C(=O)[C@H]5[C@H]3C(=O)N([C@@H](CO)CC(C)C)C4C2=O)cc1. The summed E-state index contributed by atoms with van der Waals surface area (Å²) in [6.45, 7) is 12.3. The molecule has 4 heterocycles. The summed E-state index contributed by atoms with van der Waals surface area (Å²) in [6, 6.07) is 15.7. The molecule has 9 nitrogen and oxygen atoms in total. The van der Waals surface area contributed by atoms with Crippen LogP contribution < -0.4 is 14.7 Å². The van der Waals surface area contributed by atoms with Crippen LogP contribution >= 0.6 is 0 Å². The van der Waals surface area contributed by atoms with Gasteiger partial charge in [-0.15, -0.1) is 0 Å². The van der Waals surface area contributed by atoms with Gasteiger partial charge in [0.2, 0.25) is 11.8 Å². The Labute approximate surface area is 278 Å². The van der Waals surface area contributed by atoms with E-state index < -0.39 is 35.1 Å². The van der Waals surface area contributed by atoms with Crippen LogP contribution in [-0.4, -0.2) is 83.8 Å². The highest BCUT2D eigenvalue weighted by Gasteiger charge is 2.76. The monoisotopic (exact) mass is 640 g/mol. The first-order valence-electron chi connectivity index (χ1n) is 17.2. The van der Waals surface area contributed by atoms with Crippen molar-refractivity contribution in [1.29, 1.82) is 0 Å². The Bertz CT molecular complexity index is 1540. The molecule has 6 rings (SSSR count). The minimum absolute atomic E-state index is 0.156. The molecule has 6 atom stereocenters. The molecule has 250 valence electrons. The first kappa shape index (κ1) is 33.0. The van der Waals surface area contributed by atoms with Crippen LogP contribution in [0.3, 0.4) is 0 Å². The second kappa shape index (κ2) is 12.9. The van der Waals surface area contributed by atoms with Gasteiger partial charge in [-0.3, -0.25) is 14.4 Å². The van der Waals surface area contributed by atoms with Gasteiger partial charge < -0.3 is 29.4 Å². The van der Waals surface area contributed by atoms with Gasteiger partial charge in [-0.25, -0.2) is 0 Å². The summed E-state index contributed by atoms with van der Waals surface area (Å²) >= 11 is 0. The summed E-state index contributed by atoms with van der Waals surface area (Å²) < 4.78 is 7.15. The van der Waals surface area contributed by atoms with Gasteiger partial charge in [-0.05, 0) is 69.0 Å². The number of nitrogens with zero attached hydrogens (tertiary/aromatic N) is 4. The van der Waals surface area contributed by atoms with E-state index in [0.717, 1.165) is 30.2 Å². The van der Waals surface area contributed by atoms with Gasteiger partial charge in [-0.1, -0.05) is 63.3 Å². The van der Waals surface area contributed by atoms with Gasteiger partial charge in [0.25, 0.3) is 5.91 Å². The average Bonchev–Trinajstić information content (AvgIpc) is 3.37. The van der Waals surface area contributed by atoms with E-state index in [-0.39, 0.29) is 36.8 Å². The van der Waals surface area contributed by atoms with Gasteiger partial charge >= 0.3 is 0 Å². The molecule has 3 amide bonds. The minimum atomic E-state index is -1.39. The van der Waals surface area contributed by atoms with E-state index in [2.05, 4.69) is 18.7 Å². The van der Waals surface area contributed by atoms with Crippen LogP contribution in [-0.2, 0) is 19.1 Å². The van der Waals surface area contributed by atoms with E-state index >= 15 is 0 Å². The molecule has 1 spiro atoms. The van der Waals surface area contributed by atoms with Gasteiger partial charge in [0.05, 0.1) is 30.1 Å². The van der Waals surface area contributed by atoms with Crippen molar-refractivity contribution in [1.82, 2.24) is 4.90 Å². The van der Waals surface area contributed by atoms with Crippen molar-refractivity contribution in [2.45, 2.75) is 70.7 Å². The minimum Gasteiger partial charge on any atom is -0.394 e. The lowest BCUT2D eigenvalue weighted by molar-refractivity contribution is -0.149. The Kier molecular flexibility index (Phi) is 9.06. The van der Waals surface area contributed by atoms with Crippen molar-refractivity contribution in [2.24, 2.45) is 17.8 Å². The number of carbonyl (C=O) groups excluding carboxylic acids is 3. The lowest BCUT2D eigenvalue weighted by Gasteiger charge is -2.41. The van der Waals surface area contributed by atoms with Crippen molar-refractivity contribution in [3.05, 3.63) is 78.9 Å². The average molecular weight is 641 g/mol. The van der Waals surface area contributed by atoms with E-state index in [1.54, 1.807) is 14.7 Å². The Morgan fingerprint density at radius 3 is 2.04 bits per heavy atom. The third-order valence-electron chi connectivity index (χ3n) is 10.6. The van der Waals surface area contributed by atoms with Gasteiger partial charge in [0, 0.05) is 43.2 Å². The third-order valence-corrected chi connectivity index (χ3v) is 10.6. The number of benzene rings is 2. The summed E-state index contributed by atoms with van der Waals surface area (Å²) in [4.78, 5) is 51.9. The second-order valence-corrected chi connectivity index (χ2v) is 13.6. The summed E-state index contributed by atoms with van der Waals surface area (Å²) in [5.41, 5.74) is 0.0589. The van der Waals surface area contributed by atoms with Crippen molar-refractivity contribution >= 4 is 34.8 Å². The van der Waals surface area contributed by atoms with Crippen molar-refractivity contribution in [2.75, 3.05) is 47.5 Å². The maximum Gasteiger partial charge on any atom is 0.253 e. The van der Waals surface area contributed by atoms with Crippen LogP contribution in [0.1, 0.15) is 47.5 Å². The maximum atomic E-state index is 15.0. The number of likely N-dealkylation sites (tertiary alicyclic amines) is 1. The lowest BCUT2D eigenvalue weighted by atomic mass is 9.73. The molecule has 2 saturated heterocycles. The van der Waals surface area contributed by atoms with Crippen molar-refractivity contribution < 1.29 is 24.2 Å². The molecular formula is C38H48N4O5. The van der Waals surface area contributed by atoms with E-state index in [1.807, 2.05) is 99.7 Å². The quantitative estimate of drug-likeness (QED) is 0.375. The Morgan fingerprint density at radius 1 is 0.830 bits per heavy atom. The molecule has 0 bridgehead atoms. The lowest BCUT2D eigenvalue weighted by Crippen LogP contribution is -2.59. The van der Waals surface area contributed by atoms with E-state index in [4.69, 9.17) is 4.74 Å². The normalized spacial score (nSPS) is 29.1. The predicted octanol–water partition coefficient (Wildman–Crippen LogP) is 4.81. The van der Waals surface area contributed by atoms with Gasteiger partial charge in [-0.2, -0.15) is 0 Å². The van der Waals surface area contributed by atoms with Crippen LogP contribution in [0, 0.1) is 17.8 Å². The van der Waals surface area contributed by atoms with E-state index in [9.17, 15) is 19.5 Å². The molecule has 0 aromatic heterocycles. The number of hydrogen-bond donors (Lipinski definition) is 1. The molecular weight excluding hydrogens is 592 g/mol. The number of carbonyl (C=O) groups is 3. The van der Waals surface area contributed by atoms with Crippen LogP contribution in [0.25, 0.3) is 0 Å². The highest BCUT2D eigenvalue weighted by Crippen LogP contribution is 2.59. The second-order valence-electron chi connectivity index (χ2n) is 13.6. The van der Waals surface area contributed by atoms with Gasteiger partial charge in [0.15, 0.2) is 0 Å². The largest absolute Gasteiger partial charge is 0.394 e. The zero-order valence-electron chi connectivity index (χ0n) is 28.2. The summed E-state index contributed by atoms with van der Waals surface area (Å²) in [7, 11) is 0. The Balaban J connectivity index is 1.48. The topological polar surface area (TPSA) is 93.6 Å². The fraction of sp³-hybridized carbons (Fsp3) is 0.500. The summed E-state index contributed by atoms with van der Waals surface area (Å²) in [6.07, 6.45) is 8.65. The van der Waals surface area contributed by atoms with Crippen LogP contribution in [0.2, 0.25) is 0 Å². The number of hydrogen-bond acceptors (Lipinski definition) is 6. The smallest absolute Gasteiger partial charge is 0.253 e. The summed E-state index contributed by atoms with van der Waals surface area (Å²) in [5.74, 6) is -2.44. The fourth-order valence-corrected chi connectivity index (χ4v) is 8.42. The molecule has 1 N–H and O–H groups in total. The number of ether oxygens (including phenoxy) is 1. The number of amides is 3. The number of para-hydroxylation sites is 1. The summed E-state index contributed by atoms with van der Waals surface area (Å²) in [5, 5.41) is 10.7. The van der Waals surface area contributed by atoms with Gasteiger partial charge in [0.1, 0.15) is 11.6 Å². The zero-order valence-corrected chi connectivity index (χ0v) is 28.2. The Morgan fingerprint density at radius 2 is 1.45 bits per heavy atom. The molecule has 1 unspecified atom stereocenters. The first-order chi connectivity index (χ1) is 22.7. The number of rotatable bonds is 10. The molecule has 4 aliphatic rings. The van der Waals surface area contributed by atoms with Crippen LogP contribution in [0.5, 0.6) is 0 Å². The zero-order chi connectivity index (χ0) is 33.5. The molecule has 2 aromatic carbocycles. The standard InChI is InChI=1S/C38H48N4O5/c1-6-37-20-12-22-40(28-14-10-9-11-15-28)34(44)31(37)32-35(45)42(30(25-43)24-26(4)5)33-36(46)41(23-13-21-38(32,33)47-37)29-18-16-27(17-19-29)39(7-2)8-3/h9-21,26,30-33,43H,6-8,22-25H2,1-5H3/t30-,31-,32+,33?,37+,38+/m1/s1. The maximum absolute atomic E-state index is 15.0. The van der Waals surface area contributed by atoms with Crippen molar-refractivity contribution in [3.8, 4) is 0 Å². The molecule has 2 fully saturated rings. The van der Waals surface area contributed by atoms with Crippen molar-refractivity contribution in [3.63, 3.8) is 0 Å². The molecule has 9 heteroatoms. The highest BCUT2D eigenvalue weighted by molar-refractivity contribution is 6.07. The fourth-order valence-electron chi connectivity index (χ4n) is 8.42. The first-order valence-corrected chi connectivity index (χ1v) is 17.2. The van der Waals surface area contributed by atoms with E-state index in [1.165, 1.54) is 0 Å². The number of fused-ring (bicyclic) bond motifs is 2.